The molecule has 6 heteroatoms. The summed E-state index contributed by atoms with van der Waals surface area (Å²) in [5.41, 5.74) is 2.69. The van der Waals surface area contributed by atoms with Crippen LogP contribution in [-0.2, 0) is 4.79 Å². The molecule has 0 aliphatic heterocycles. The minimum atomic E-state index is -0.310. The first kappa shape index (κ1) is 18.7. The molecule has 1 heterocycles. The molecule has 0 radical (unpaired) electrons. The Morgan fingerprint density at radius 3 is 2.75 bits per heavy atom. The average Bonchev–Trinajstić information content (AvgIpc) is 3.53. The second-order valence-electron chi connectivity index (χ2n) is 7.13. The van der Waals surface area contributed by atoms with E-state index in [4.69, 9.17) is 14.7 Å². The van der Waals surface area contributed by atoms with Crippen molar-refractivity contribution in [3.05, 3.63) is 53.9 Å². The van der Waals surface area contributed by atoms with Gasteiger partial charge < -0.3 is 10.1 Å². The molecule has 4 rings (SSSR count). The van der Waals surface area contributed by atoms with Gasteiger partial charge >= 0.3 is 0 Å². The Balaban J connectivity index is 1.57. The predicted molar refractivity (Wildman–Crippen MR) is 113 cm³/mol. The number of carbonyl (C=O) groups excluding carboxylic acids is 1. The number of amides is 1. The lowest BCUT2D eigenvalue weighted by atomic mass is 10.2. The zero-order valence-electron chi connectivity index (χ0n) is 16.2. The largest absolute Gasteiger partial charge is 0.495 e. The van der Waals surface area contributed by atoms with Gasteiger partial charge in [0.2, 0.25) is 5.91 Å². The van der Waals surface area contributed by atoms with Crippen molar-refractivity contribution in [3.8, 4) is 5.75 Å². The molecular weight excluding hydrogens is 370 g/mol. The number of aromatic nitrogens is 2. The fourth-order valence-corrected chi connectivity index (χ4v) is 4.00. The number of hydrogen-bond acceptors (Lipinski definition) is 5. The summed E-state index contributed by atoms with van der Waals surface area (Å²) in [6.45, 7) is 3.88. The number of hydrogen-bond donors (Lipinski definition) is 1. The summed E-state index contributed by atoms with van der Waals surface area (Å²) in [6.07, 6.45) is 2.29. The Labute approximate surface area is 168 Å². The van der Waals surface area contributed by atoms with Crippen LogP contribution >= 0.6 is 11.8 Å². The van der Waals surface area contributed by atoms with Gasteiger partial charge in [0.25, 0.3) is 0 Å². The number of aryl methyl sites for hydroxylation is 1. The average molecular weight is 394 g/mol. The number of nitrogens with one attached hydrogen (secondary N) is 1. The maximum Gasteiger partial charge on any atom is 0.237 e. The van der Waals surface area contributed by atoms with Crippen LogP contribution in [0.4, 0.5) is 5.69 Å². The SMILES string of the molecule is COc1ccc(C)cc1NC(=O)C(C)Sc1nc(C2CC2)nc2ccccc12. The molecule has 2 aromatic carbocycles. The van der Waals surface area contributed by atoms with E-state index in [1.807, 2.05) is 56.3 Å². The molecular formula is C22H23N3O2S. The molecule has 1 fully saturated rings. The number of rotatable bonds is 6. The van der Waals surface area contributed by atoms with E-state index in [0.29, 0.717) is 17.4 Å². The van der Waals surface area contributed by atoms with Crippen molar-refractivity contribution >= 4 is 34.3 Å². The van der Waals surface area contributed by atoms with Crippen LogP contribution in [0, 0.1) is 6.92 Å². The van der Waals surface area contributed by atoms with E-state index >= 15 is 0 Å². The number of ether oxygens (including phenoxy) is 1. The first-order valence-corrected chi connectivity index (χ1v) is 10.3. The van der Waals surface area contributed by atoms with Gasteiger partial charge in [-0.25, -0.2) is 9.97 Å². The van der Waals surface area contributed by atoms with Crippen molar-refractivity contribution in [1.29, 1.82) is 0 Å². The van der Waals surface area contributed by atoms with E-state index in [9.17, 15) is 4.79 Å². The highest BCUT2D eigenvalue weighted by Crippen LogP contribution is 2.40. The van der Waals surface area contributed by atoms with E-state index < -0.39 is 0 Å². The Morgan fingerprint density at radius 2 is 2.00 bits per heavy atom. The third-order valence-corrected chi connectivity index (χ3v) is 5.90. The third kappa shape index (κ3) is 3.97. The summed E-state index contributed by atoms with van der Waals surface area (Å²) in [7, 11) is 1.60. The van der Waals surface area contributed by atoms with Crippen LogP contribution in [0.25, 0.3) is 10.9 Å². The lowest BCUT2D eigenvalue weighted by Crippen LogP contribution is -2.23. The summed E-state index contributed by atoms with van der Waals surface area (Å²) in [4.78, 5) is 22.3. The van der Waals surface area contributed by atoms with Gasteiger partial charge in [0.05, 0.1) is 23.6 Å². The molecule has 0 saturated heterocycles. The molecule has 1 atom stereocenters. The summed E-state index contributed by atoms with van der Waals surface area (Å²) in [5, 5.41) is 4.54. The van der Waals surface area contributed by atoms with Gasteiger partial charge in [0, 0.05) is 11.3 Å². The van der Waals surface area contributed by atoms with Gasteiger partial charge in [-0.3, -0.25) is 4.79 Å². The van der Waals surface area contributed by atoms with Crippen LogP contribution in [0.5, 0.6) is 5.75 Å². The lowest BCUT2D eigenvalue weighted by molar-refractivity contribution is -0.115. The van der Waals surface area contributed by atoms with E-state index in [1.54, 1.807) is 7.11 Å². The molecule has 1 N–H and O–H groups in total. The quantitative estimate of drug-likeness (QED) is 0.474. The number of anilines is 1. The van der Waals surface area contributed by atoms with E-state index in [2.05, 4.69) is 5.32 Å². The monoisotopic (exact) mass is 393 g/mol. The molecule has 28 heavy (non-hydrogen) atoms. The fourth-order valence-electron chi connectivity index (χ4n) is 3.05. The number of benzene rings is 2. The van der Waals surface area contributed by atoms with Crippen LogP contribution in [0.1, 0.15) is 37.1 Å². The highest BCUT2D eigenvalue weighted by atomic mass is 32.2. The third-order valence-electron chi connectivity index (χ3n) is 4.80. The van der Waals surface area contributed by atoms with Crippen molar-refractivity contribution in [2.45, 2.75) is 42.9 Å². The molecule has 5 nitrogen and oxygen atoms in total. The number of fused-ring (bicyclic) bond motifs is 1. The fraction of sp³-hybridized carbons (Fsp3) is 0.318. The molecule has 1 aromatic heterocycles. The van der Waals surface area contributed by atoms with Crippen LogP contribution in [-0.4, -0.2) is 28.2 Å². The Bertz CT molecular complexity index is 1030. The molecule has 144 valence electrons. The van der Waals surface area contributed by atoms with Gasteiger partial charge in [-0.1, -0.05) is 36.0 Å². The van der Waals surface area contributed by atoms with Crippen molar-refractivity contribution in [3.63, 3.8) is 0 Å². The molecule has 1 unspecified atom stereocenters. The van der Waals surface area contributed by atoms with Crippen molar-refractivity contribution in [1.82, 2.24) is 9.97 Å². The smallest absolute Gasteiger partial charge is 0.237 e. The molecule has 1 saturated carbocycles. The normalized spacial score (nSPS) is 14.7. The van der Waals surface area contributed by atoms with Crippen LogP contribution in [0.15, 0.2) is 47.5 Å². The molecule has 1 aliphatic carbocycles. The molecule has 0 spiro atoms. The minimum Gasteiger partial charge on any atom is -0.495 e. The van der Waals surface area contributed by atoms with Crippen LogP contribution < -0.4 is 10.1 Å². The summed E-state index contributed by atoms with van der Waals surface area (Å²) < 4.78 is 5.36. The van der Waals surface area contributed by atoms with E-state index in [0.717, 1.165) is 40.2 Å². The van der Waals surface area contributed by atoms with E-state index in [1.165, 1.54) is 11.8 Å². The van der Waals surface area contributed by atoms with Crippen molar-refractivity contribution < 1.29 is 9.53 Å². The van der Waals surface area contributed by atoms with Gasteiger partial charge in [-0.2, -0.15) is 0 Å². The van der Waals surface area contributed by atoms with Crippen molar-refractivity contribution in [2.75, 3.05) is 12.4 Å². The first-order valence-electron chi connectivity index (χ1n) is 9.44. The van der Waals surface area contributed by atoms with Gasteiger partial charge in [0.15, 0.2) is 0 Å². The van der Waals surface area contributed by atoms with Crippen molar-refractivity contribution in [2.24, 2.45) is 0 Å². The molecule has 1 amide bonds. The molecule has 3 aromatic rings. The first-order chi connectivity index (χ1) is 13.5. The molecule has 0 bridgehead atoms. The maximum absolute atomic E-state index is 12.8. The number of carbonyl (C=O) groups is 1. The minimum absolute atomic E-state index is 0.0791. The highest BCUT2D eigenvalue weighted by molar-refractivity contribution is 8.00. The topological polar surface area (TPSA) is 64.1 Å². The second kappa shape index (κ2) is 7.80. The van der Waals surface area contributed by atoms with Gasteiger partial charge in [0.1, 0.15) is 16.6 Å². The number of methoxy groups -OCH3 is 1. The van der Waals surface area contributed by atoms with E-state index in [-0.39, 0.29) is 11.2 Å². The maximum atomic E-state index is 12.8. The number of para-hydroxylation sites is 1. The van der Waals surface area contributed by atoms with Gasteiger partial charge in [-0.05, 0) is 50.5 Å². The number of nitrogens with zero attached hydrogens (tertiary/aromatic N) is 2. The second-order valence-corrected chi connectivity index (χ2v) is 8.46. The standard InChI is InChI=1S/C22H23N3O2S/c1-13-8-11-19(27-3)18(12-13)24-21(26)14(2)28-22-16-6-4-5-7-17(16)23-20(25-22)15-9-10-15/h4-8,11-12,14-15H,9-10H2,1-3H3,(H,24,26). The zero-order chi connectivity index (χ0) is 19.7. The Hall–Kier alpha value is -2.60. The Morgan fingerprint density at radius 1 is 1.21 bits per heavy atom. The summed E-state index contributed by atoms with van der Waals surface area (Å²) in [5.74, 6) is 1.93. The number of thioether (sulfide) groups is 1. The predicted octanol–water partition coefficient (Wildman–Crippen LogP) is 4.94. The van der Waals surface area contributed by atoms with Gasteiger partial charge in [-0.15, -0.1) is 0 Å². The lowest BCUT2D eigenvalue weighted by Gasteiger charge is -2.15. The van der Waals surface area contributed by atoms with Crippen LogP contribution in [0.3, 0.4) is 0 Å². The zero-order valence-corrected chi connectivity index (χ0v) is 17.0. The van der Waals surface area contributed by atoms with Crippen LogP contribution in [0.2, 0.25) is 0 Å². The summed E-state index contributed by atoms with van der Waals surface area (Å²) in [6, 6.07) is 13.7. The Kier molecular flexibility index (Phi) is 5.22. The summed E-state index contributed by atoms with van der Waals surface area (Å²) >= 11 is 1.47. The highest BCUT2D eigenvalue weighted by Gasteiger charge is 2.28. The molecule has 1 aliphatic rings.